The summed E-state index contributed by atoms with van der Waals surface area (Å²) < 4.78 is 41.4. The molecule has 0 aliphatic rings. The molecule has 148 valence electrons. The lowest BCUT2D eigenvalue weighted by atomic mass is 10.2. The molecule has 0 fully saturated rings. The van der Waals surface area contributed by atoms with E-state index in [1.807, 2.05) is 0 Å². The first-order valence-electron chi connectivity index (χ1n) is 8.20. The molecule has 0 spiro atoms. The van der Waals surface area contributed by atoms with Gasteiger partial charge in [-0.2, -0.15) is 0 Å². The highest BCUT2D eigenvalue weighted by Gasteiger charge is 2.17. The van der Waals surface area contributed by atoms with Crippen molar-refractivity contribution in [2.75, 3.05) is 19.5 Å². The number of benzene rings is 2. The van der Waals surface area contributed by atoms with Gasteiger partial charge in [-0.05, 0) is 42.8 Å². The molecule has 1 amide bonds. The fourth-order valence-electron chi connectivity index (χ4n) is 2.17. The molecular formula is C20H19F2NO5. The van der Waals surface area contributed by atoms with Gasteiger partial charge in [0.2, 0.25) is 0 Å². The van der Waals surface area contributed by atoms with Crippen molar-refractivity contribution in [2.45, 2.75) is 13.0 Å². The number of rotatable bonds is 7. The first kappa shape index (κ1) is 20.9. The molecule has 0 aliphatic carbocycles. The van der Waals surface area contributed by atoms with Crippen LogP contribution >= 0.6 is 0 Å². The van der Waals surface area contributed by atoms with Crippen molar-refractivity contribution in [2.24, 2.45) is 0 Å². The molecule has 6 nitrogen and oxygen atoms in total. The monoisotopic (exact) mass is 391 g/mol. The van der Waals surface area contributed by atoms with E-state index in [1.54, 1.807) is 18.2 Å². The predicted octanol–water partition coefficient (Wildman–Crippen LogP) is 3.57. The van der Waals surface area contributed by atoms with Gasteiger partial charge in [-0.15, -0.1) is 0 Å². The van der Waals surface area contributed by atoms with Crippen molar-refractivity contribution in [3.05, 3.63) is 59.7 Å². The van der Waals surface area contributed by atoms with Crippen LogP contribution in [0.4, 0.5) is 14.5 Å². The number of methoxy groups -OCH3 is 2. The Labute approximate surface area is 160 Å². The van der Waals surface area contributed by atoms with Crippen molar-refractivity contribution in [1.29, 1.82) is 0 Å². The summed E-state index contributed by atoms with van der Waals surface area (Å²) in [6, 6.07) is 7.96. The van der Waals surface area contributed by atoms with Crippen molar-refractivity contribution >= 4 is 23.6 Å². The maximum Gasteiger partial charge on any atom is 0.331 e. The minimum atomic E-state index is -1.15. The summed E-state index contributed by atoms with van der Waals surface area (Å²) in [5.41, 5.74) is 0.679. The van der Waals surface area contributed by atoms with Crippen molar-refractivity contribution < 1.29 is 32.6 Å². The number of ether oxygens (including phenoxy) is 3. The summed E-state index contributed by atoms with van der Waals surface area (Å²) in [5, 5.41) is 2.34. The predicted molar refractivity (Wildman–Crippen MR) is 99.1 cm³/mol. The van der Waals surface area contributed by atoms with Crippen LogP contribution in [0.3, 0.4) is 0 Å². The van der Waals surface area contributed by atoms with Crippen LogP contribution in [0, 0.1) is 11.6 Å². The van der Waals surface area contributed by atoms with Crippen LogP contribution in [0.25, 0.3) is 6.08 Å². The fraction of sp³-hybridized carbons (Fsp3) is 0.200. The Morgan fingerprint density at radius 1 is 1.00 bits per heavy atom. The highest BCUT2D eigenvalue weighted by Crippen LogP contribution is 2.23. The topological polar surface area (TPSA) is 73.9 Å². The Kier molecular flexibility index (Phi) is 7.08. The van der Waals surface area contributed by atoms with Gasteiger partial charge in [0.15, 0.2) is 17.7 Å². The Hall–Kier alpha value is -3.42. The lowest BCUT2D eigenvalue weighted by Gasteiger charge is -2.12. The first-order chi connectivity index (χ1) is 13.3. The van der Waals surface area contributed by atoms with Crippen molar-refractivity contribution in [3.63, 3.8) is 0 Å². The van der Waals surface area contributed by atoms with Crippen LogP contribution in [-0.2, 0) is 14.3 Å². The number of hydrogen-bond donors (Lipinski definition) is 1. The molecule has 1 atom stereocenters. The third-order valence-corrected chi connectivity index (χ3v) is 3.63. The molecule has 28 heavy (non-hydrogen) atoms. The maximum atomic E-state index is 13.2. The number of anilines is 1. The van der Waals surface area contributed by atoms with E-state index in [9.17, 15) is 18.4 Å². The molecule has 0 radical (unpaired) electrons. The van der Waals surface area contributed by atoms with Gasteiger partial charge in [0.25, 0.3) is 5.91 Å². The summed E-state index contributed by atoms with van der Waals surface area (Å²) in [6.45, 7) is 1.36. The first-order valence-corrected chi connectivity index (χ1v) is 8.20. The third kappa shape index (κ3) is 5.80. The number of carbonyl (C=O) groups excluding carboxylic acids is 2. The van der Waals surface area contributed by atoms with Gasteiger partial charge in [0, 0.05) is 23.9 Å². The molecule has 2 aromatic carbocycles. The van der Waals surface area contributed by atoms with Crippen LogP contribution in [0.5, 0.6) is 11.5 Å². The number of nitrogens with one attached hydrogen (secondary N) is 1. The van der Waals surface area contributed by atoms with E-state index in [0.717, 1.165) is 18.2 Å². The second kappa shape index (κ2) is 9.50. The summed E-state index contributed by atoms with van der Waals surface area (Å²) in [5.74, 6) is -2.47. The summed E-state index contributed by atoms with van der Waals surface area (Å²) in [7, 11) is 3.01. The molecule has 1 N–H and O–H groups in total. The van der Waals surface area contributed by atoms with E-state index in [1.165, 1.54) is 33.3 Å². The summed E-state index contributed by atoms with van der Waals surface area (Å²) in [6.07, 6.45) is 1.48. The fourth-order valence-corrected chi connectivity index (χ4v) is 2.17. The number of hydrogen-bond acceptors (Lipinski definition) is 5. The van der Waals surface area contributed by atoms with E-state index >= 15 is 0 Å². The molecule has 2 rings (SSSR count). The Morgan fingerprint density at radius 3 is 2.21 bits per heavy atom. The zero-order valence-electron chi connectivity index (χ0n) is 15.5. The Balaban J connectivity index is 1.97. The van der Waals surface area contributed by atoms with Crippen molar-refractivity contribution in [1.82, 2.24) is 0 Å². The standard InChI is InChI=1S/C20H19F2NO5/c1-12(20(25)23-14-5-6-17(21)18(22)10-14)28-19(24)7-4-13-8-15(26-2)11-16(9-13)27-3/h4-12H,1-3H3,(H,23,25)/b7-4+/t12-/m0/s1. The Morgan fingerprint density at radius 2 is 1.64 bits per heavy atom. The highest BCUT2D eigenvalue weighted by molar-refractivity contribution is 5.96. The Bertz CT molecular complexity index is 876. The largest absolute Gasteiger partial charge is 0.497 e. The van der Waals surface area contributed by atoms with Crippen molar-refractivity contribution in [3.8, 4) is 11.5 Å². The quantitative estimate of drug-likeness (QED) is 0.577. The second-order valence-electron chi connectivity index (χ2n) is 5.68. The number of carbonyl (C=O) groups is 2. The normalized spacial score (nSPS) is 11.8. The third-order valence-electron chi connectivity index (χ3n) is 3.63. The second-order valence-corrected chi connectivity index (χ2v) is 5.68. The van der Waals surface area contributed by atoms with Crippen LogP contribution in [0.1, 0.15) is 12.5 Å². The number of amides is 1. The van der Waals surface area contributed by atoms with Gasteiger partial charge in [-0.25, -0.2) is 13.6 Å². The van der Waals surface area contributed by atoms with Gasteiger partial charge in [0.1, 0.15) is 11.5 Å². The lowest BCUT2D eigenvalue weighted by Crippen LogP contribution is -2.29. The molecule has 0 aliphatic heterocycles. The zero-order chi connectivity index (χ0) is 20.7. The smallest absolute Gasteiger partial charge is 0.331 e. The van der Waals surface area contributed by atoms with E-state index in [0.29, 0.717) is 17.1 Å². The molecule has 0 heterocycles. The number of esters is 1. The van der Waals surface area contributed by atoms with Gasteiger partial charge in [-0.1, -0.05) is 0 Å². The molecule has 0 saturated heterocycles. The average Bonchev–Trinajstić information content (AvgIpc) is 2.68. The molecule has 0 aromatic heterocycles. The minimum absolute atomic E-state index is 0.0471. The SMILES string of the molecule is COc1cc(/C=C/C(=O)O[C@@H](C)C(=O)Nc2ccc(F)c(F)c2)cc(OC)c1. The van der Waals surface area contributed by atoms with E-state index in [2.05, 4.69) is 5.32 Å². The summed E-state index contributed by atoms with van der Waals surface area (Å²) >= 11 is 0. The number of halogens is 2. The maximum absolute atomic E-state index is 13.2. The van der Waals surface area contributed by atoms with Gasteiger partial charge in [-0.3, -0.25) is 4.79 Å². The summed E-state index contributed by atoms with van der Waals surface area (Å²) in [4.78, 5) is 24.0. The zero-order valence-corrected chi connectivity index (χ0v) is 15.5. The highest BCUT2D eigenvalue weighted by atomic mass is 19.2. The molecule has 2 aromatic rings. The average molecular weight is 391 g/mol. The van der Waals surface area contributed by atoms with Crippen LogP contribution < -0.4 is 14.8 Å². The molecular weight excluding hydrogens is 372 g/mol. The van der Waals surface area contributed by atoms with Gasteiger partial charge in [0.05, 0.1) is 14.2 Å². The molecule has 8 heteroatoms. The molecule has 0 bridgehead atoms. The molecule has 0 saturated carbocycles. The van der Waals surface area contributed by atoms with E-state index in [4.69, 9.17) is 14.2 Å². The van der Waals surface area contributed by atoms with Gasteiger partial charge >= 0.3 is 5.97 Å². The molecule has 0 unspecified atom stereocenters. The van der Waals surface area contributed by atoms with Crippen LogP contribution in [0.15, 0.2) is 42.5 Å². The van der Waals surface area contributed by atoms with Crippen LogP contribution in [0.2, 0.25) is 0 Å². The van der Waals surface area contributed by atoms with E-state index in [-0.39, 0.29) is 5.69 Å². The minimum Gasteiger partial charge on any atom is -0.497 e. The van der Waals surface area contributed by atoms with E-state index < -0.39 is 29.6 Å². The lowest BCUT2D eigenvalue weighted by molar-refractivity contribution is -0.148. The van der Waals surface area contributed by atoms with Crippen LogP contribution in [-0.4, -0.2) is 32.2 Å². The van der Waals surface area contributed by atoms with Gasteiger partial charge < -0.3 is 19.5 Å².